The third kappa shape index (κ3) is 2.49. The topological polar surface area (TPSA) is 36.3 Å². The van der Waals surface area contributed by atoms with Crippen molar-refractivity contribution in [3.05, 3.63) is 89.0 Å². The van der Waals surface area contributed by atoms with Crippen molar-refractivity contribution in [3.8, 4) is 5.69 Å². The van der Waals surface area contributed by atoms with Crippen LogP contribution in [0.3, 0.4) is 0 Å². The highest BCUT2D eigenvalue weighted by molar-refractivity contribution is 5.62. The van der Waals surface area contributed by atoms with Crippen LogP contribution >= 0.6 is 0 Å². The molecule has 3 aliphatic rings. The third-order valence-electron chi connectivity index (χ3n) is 7.06. The standard InChI is InChI=1S/C25H23FN2O2/c1-24-14-18-15-27-28(21-9-7-20(26)8-10-21)22(18)13-19(24)11-12-25(24)29-16-23(30-25)17-5-3-2-4-6-17/h2-10,13,15,23H,11-12,14,16H2,1H3/t23-,24-,25+/m0/s1. The Labute approximate surface area is 174 Å². The van der Waals surface area contributed by atoms with Crippen LogP contribution in [-0.2, 0) is 15.9 Å². The van der Waals surface area contributed by atoms with Gasteiger partial charge in [-0.05, 0) is 54.3 Å². The molecule has 2 heterocycles. The van der Waals surface area contributed by atoms with Crippen LogP contribution < -0.4 is 0 Å². The fraction of sp³-hybridized carbons (Fsp3) is 0.320. The summed E-state index contributed by atoms with van der Waals surface area (Å²) < 4.78 is 28.3. The number of halogens is 1. The lowest BCUT2D eigenvalue weighted by molar-refractivity contribution is -0.218. The van der Waals surface area contributed by atoms with E-state index in [1.54, 1.807) is 12.1 Å². The van der Waals surface area contributed by atoms with E-state index in [-0.39, 0.29) is 17.3 Å². The van der Waals surface area contributed by atoms with E-state index in [1.165, 1.54) is 23.3 Å². The normalized spacial score (nSPS) is 29.7. The Balaban J connectivity index is 1.35. The number of ether oxygens (including phenoxy) is 2. The molecule has 2 aromatic carbocycles. The van der Waals surface area contributed by atoms with E-state index in [1.807, 2.05) is 29.1 Å². The number of fused-ring (bicyclic) bond motifs is 3. The number of rotatable bonds is 2. The number of hydrogen-bond acceptors (Lipinski definition) is 3. The molecule has 0 radical (unpaired) electrons. The monoisotopic (exact) mass is 402 g/mol. The molecule has 4 nitrogen and oxygen atoms in total. The van der Waals surface area contributed by atoms with Gasteiger partial charge in [-0.25, -0.2) is 9.07 Å². The maximum atomic E-state index is 13.3. The zero-order chi connectivity index (χ0) is 20.3. The lowest BCUT2D eigenvalue weighted by Gasteiger charge is -2.41. The highest BCUT2D eigenvalue weighted by atomic mass is 19.1. The van der Waals surface area contributed by atoms with Crippen molar-refractivity contribution < 1.29 is 13.9 Å². The van der Waals surface area contributed by atoms with Crippen LogP contribution in [0.1, 0.15) is 42.7 Å². The quantitative estimate of drug-likeness (QED) is 0.589. The maximum absolute atomic E-state index is 13.3. The summed E-state index contributed by atoms with van der Waals surface area (Å²) in [5, 5.41) is 4.60. The van der Waals surface area contributed by atoms with Gasteiger partial charge in [-0.15, -0.1) is 0 Å². The second-order valence-corrected chi connectivity index (χ2v) is 8.70. The van der Waals surface area contributed by atoms with Crippen molar-refractivity contribution in [2.24, 2.45) is 5.41 Å². The molecule has 1 spiro atoms. The summed E-state index contributed by atoms with van der Waals surface area (Å²) in [4.78, 5) is 0. The minimum absolute atomic E-state index is 0.0364. The second-order valence-electron chi connectivity index (χ2n) is 8.70. The lowest BCUT2D eigenvalue weighted by atomic mass is 9.72. The van der Waals surface area contributed by atoms with Gasteiger partial charge in [0.25, 0.3) is 0 Å². The largest absolute Gasteiger partial charge is 0.346 e. The Morgan fingerprint density at radius 1 is 1.10 bits per heavy atom. The SMILES string of the molecule is C[C@]12Cc3cnn(-c4ccc(F)cc4)c3C=C1CC[C@]21OC[C@@H](c2ccccc2)O1. The molecule has 2 aliphatic carbocycles. The van der Waals surface area contributed by atoms with Gasteiger partial charge in [0.15, 0.2) is 5.79 Å². The molecular formula is C25H23FN2O2. The molecule has 152 valence electrons. The first kappa shape index (κ1) is 18.0. The van der Waals surface area contributed by atoms with Crippen molar-refractivity contribution in [3.63, 3.8) is 0 Å². The first-order valence-corrected chi connectivity index (χ1v) is 10.5. The van der Waals surface area contributed by atoms with E-state index in [9.17, 15) is 4.39 Å². The van der Waals surface area contributed by atoms with Gasteiger partial charge in [0, 0.05) is 11.8 Å². The molecule has 0 unspecified atom stereocenters. The third-order valence-corrected chi connectivity index (χ3v) is 7.06. The van der Waals surface area contributed by atoms with Gasteiger partial charge in [-0.1, -0.05) is 42.8 Å². The predicted molar refractivity (Wildman–Crippen MR) is 111 cm³/mol. The minimum atomic E-state index is -0.602. The number of aromatic nitrogens is 2. The molecule has 30 heavy (non-hydrogen) atoms. The summed E-state index contributed by atoms with van der Waals surface area (Å²) in [5.41, 5.74) is 5.39. The summed E-state index contributed by atoms with van der Waals surface area (Å²) in [6, 6.07) is 16.8. The van der Waals surface area contributed by atoms with Crippen molar-refractivity contribution in [1.82, 2.24) is 9.78 Å². The minimum Gasteiger partial charge on any atom is -0.346 e. The first-order valence-electron chi connectivity index (χ1n) is 10.5. The van der Waals surface area contributed by atoms with E-state index < -0.39 is 5.79 Å². The van der Waals surface area contributed by atoms with E-state index in [2.05, 4.69) is 30.2 Å². The van der Waals surface area contributed by atoms with Crippen LogP contribution in [0.15, 0.2) is 66.4 Å². The Morgan fingerprint density at radius 3 is 2.70 bits per heavy atom. The predicted octanol–water partition coefficient (Wildman–Crippen LogP) is 5.24. The number of benzene rings is 2. The molecule has 1 aromatic heterocycles. The van der Waals surface area contributed by atoms with E-state index in [0.29, 0.717) is 6.61 Å². The van der Waals surface area contributed by atoms with Crippen molar-refractivity contribution in [2.45, 2.75) is 38.1 Å². The Morgan fingerprint density at radius 2 is 1.90 bits per heavy atom. The van der Waals surface area contributed by atoms with Gasteiger partial charge >= 0.3 is 0 Å². The van der Waals surface area contributed by atoms with Gasteiger partial charge in [0.05, 0.1) is 24.2 Å². The molecule has 1 saturated carbocycles. The van der Waals surface area contributed by atoms with Crippen molar-refractivity contribution in [1.29, 1.82) is 0 Å². The highest BCUT2D eigenvalue weighted by Gasteiger charge is 2.61. The number of nitrogens with zero attached hydrogens (tertiary/aromatic N) is 2. The van der Waals surface area contributed by atoms with Crippen LogP contribution in [0.5, 0.6) is 0 Å². The molecule has 3 aromatic rings. The summed E-state index contributed by atoms with van der Waals surface area (Å²) >= 11 is 0. The number of hydrogen-bond donors (Lipinski definition) is 0. The van der Waals surface area contributed by atoms with Crippen LogP contribution in [0, 0.1) is 11.2 Å². The smallest absolute Gasteiger partial charge is 0.178 e. The summed E-state index contributed by atoms with van der Waals surface area (Å²) in [5.74, 6) is -0.846. The molecule has 0 amide bonds. The molecule has 1 aliphatic heterocycles. The molecule has 6 rings (SSSR count). The second kappa shape index (κ2) is 6.37. The van der Waals surface area contributed by atoms with Gasteiger partial charge in [-0.2, -0.15) is 5.10 Å². The van der Waals surface area contributed by atoms with E-state index in [4.69, 9.17) is 9.47 Å². The van der Waals surface area contributed by atoms with Crippen LogP contribution in [0.2, 0.25) is 0 Å². The molecular weight excluding hydrogens is 379 g/mol. The zero-order valence-electron chi connectivity index (χ0n) is 16.8. The van der Waals surface area contributed by atoms with Gasteiger partial charge in [0.1, 0.15) is 11.9 Å². The summed E-state index contributed by atoms with van der Waals surface area (Å²) in [7, 11) is 0. The van der Waals surface area contributed by atoms with Crippen molar-refractivity contribution in [2.75, 3.05) is 6.61 Å². The fourth-order valence-corrected chi connectivity index (χ4v) is 5.35. The maximum Gasteiger partial charge on any atom is 0.178 e. The Bertz CT molecular complexity index is 1140. The van der Waals surface area contributed by atoms with Crippen LogP contribution in [-0.4, -0.2) is 22.2 Å². The van der Waals surface area contributed by atoms with Crippen LogP contribution in [0.4, 0.5) is 4.39 Å². The molecule has 0 bridgehead atoms. The molecule has 3 atom stereocenters. The average Bonchev–Trinajstić information content (AvgIpc) is 3.45. The lowest BCUT2D eigenvalue weighted by Crippen LogP contribution is -2.46. The fourth-order valence-electron chi connectivity index (χ4n) is 5.35. The molecule has 1 saturated heterocycles. The molecule has 0 N–H and O–H groups in total. The van der Waals surface area contributed by atoms with Gasteiger partial charge in [0.2, 0.25) is 0 Å². The molecule has 2 fully saturated rings. The highest BCUT2D eigenvalue weighted by Crippen LogP contribution is 2.60. The summed E-state index contributed by atoms with van der Waals surface area (Å²) in [6.45, 7) is 2.84. The van der Waals surface area contributed by atoms with Gasteiger partial charge in [-0.3, -0.25) is 0 Å². The van der Waals surface area contributed by atoms with Crippen LogP contribution in [0.25, 0.3) is 11.8 Å². The zero-order valence-corrected chi connectivity index (χ0v) is 16.8. The van der Waals surface area contributed by atoms with Crippen molar-refractivity contribution >= 4 is 6.08 Å². The van der Waals surface area contributed by atoms with E-state index in [0.717, 1.165) is 36.2 Å². The Hall–Kier alpha value is -2.76. The summed E-state index contributed by atoms with van der Waals surface area (Å²) in [6.07, 6.45) is 6.74. The first-order chi connectivity index (χ1) is 14.6. The Kier molecular flexibility index (Phi) is 3.83. The van der Waals surface area contributed by atoms with E-state index >= 15 is 0 Å². The average molecular weight is 402 g/mol. The van der Waals surface area contributed by atoms with Gasteiger partial charge < -0.3 is 9.47 Å². The molecule has 5 heteroatoms.